The smallest absolute Gasteiger partial charge is 0.311 e. The second kappa shape index (κ2) is 4.72. The van der Waals surface area contributed by atoms with Crippen molar-refractivity contribution in [3.8, 4) is 0 Å². The Balaban J connectivity index is 2.11. The molecule has 0 N–H and O–H groups in total. The van der Waals surface area contributed by atoms with Gasteiger partial charge in [0.25, 0.3) is 0 Å². The highest BCUT2D eigenvalue weighted by Gasteiger charge is 2.23. The van der Waals surface area contributed by atoms with Gasteiger partial charge < -0.3 is 4.74 Å². The second-order valence-corrected chi connectivity index (χ2v) is 5.17. The van der Waals surface area contributed by atoms with Crippen LogP contribution in [0.2, 0.25) is 0 Å². The van der Waals surface area contributed by atoms with Crippen LogP contribution in [0.5, 0.6) is 0 Å². The Labute approximate surface area is 106 Å². The number of aromatic nitrogens is 2. The number of ether oxygens (including phenoxy) is 1. The molecule has 4 nitrogen and oxygen atoms in total. The highest BCUT2D eigenvalue weighted by molar-refractivity contribution is 5.77. The fourth-order valence-electron chi connectivity index (χ4n) is 1.43. The van der Waals surface area contributed by atoms with Crippen LogP contribution in [0, 0.1) is 5.41 Å². The molecular formula is C14H16N2O2. The molecule has 0 radical (unpaired) electrons. The molecule has 0 aliphatic rings. The number of benzene rings is 1. The number of esters is 1. The van der Waals surface area contributed by atoms with Gasteiger partial charge in [0, 0.05) is 11.6 Å². The van der Waals surface area contributed by atoms with E-state index >= 15 is 0 Å². The van der Waals surface area contributed by atoms with Gasteiger partial charge >= 0.3 is 5.97 Å². The standard InChI is InChI=1S/C14H16N2O2/c1-14(2,3)13(17)18-9-12-15-8-10-6-4-5-7-11(10)16-12/h4-8H,9H2,1-3H3. The lowest BCUT2D eigenvalue weighted by Crippen LogP contribution is -2.23. The number of nitrogens with zero attached hydrogens (tertiary/aromatic N) is 2. The van der Waals surface area contributed by atoms with Gasteiger partial charge in [-0.1, -0.05) is 18.2 Å². The third kappa shape index (κ3) is 2.83. The highest BCUT2D eigenvalue weighted by Crippen LogP contribution is 2.16. The van der Waals surface area contributed by atoms with E-state index in [1.54, 1.807) is 6.20 Å². The van der Waals surface area contributed by atoms with Crippen LogP contribution in [0.1, 0.15) is 26.6 Å². The lowest BCUT2D eigenvalue weighted by atomic mass is 9.97. The fourth-order valence-corrected chi connectivity index (χ4v) is 1.43. The first-order chi connectivity index (χ1) is 8.47. The molecule has 0 saturated heterocycles. The number of carbonyl (C=O) groups is 1. The molecule has 1 heterocycles. The highest BCUT2D eigenvalue weighted by atomic mass is 16.5. The molecule has 1 aromatic heterocycles. The average molecular weight is 244 g/mol. The molecule has 0 unspecified atom stereocenters. The number of hydrogen-bond donors (Lipinski definition) is 0. The molecule has 0 spiro atoms. The van der Waals surface area contributed by atoms with E-state index < -0.39 is 5.41 Å². The van der Waals surface area contributed by atoms with Crippen LogP contribution >= 0.6 is 0 Å². The lowest BCUT2D eigenvalue weighted by Gasteiger charge is -2.15. The van der Waals surface area contributed by atoms with Gasteiger partial charge in [0.15, 0.2) is 12.4 Å². The third-order valence-corrected chi connectivity index (χ3v) is 2.48. The first kappa shape index (κ1) is 12.5. The molecule has 0 amide bonds. The van der Waals surface area contributed by atoms with Crippen molar-refractivity contribution in [1.82, 2.24) is 9.97 Å². The number of para-hydroxylation sites is 1. The normalized spacial score (nSPS) is 11.5. The lowest BCUT2D eigenvalue weighted by molar-refractivity contribution is -0.154. The molecule has 0 aliphatic carbocycles. The summed E-state index contributed by atoms with van der Waals surface area (Å²) in [6, 6.07) is 7.71. The number of rotatable bonds is 2. The maximum Gasteiger partial charge on any atom is 0.311 e. The molecule has 2 aromatic rings. The quantitative estimate of drug-likeness (QED) is 0.762. The van der Waals surface area contributed by atoms with E-state index in [1.165, 1.54) is 0 Å². The van der Waals surface area contributed by atoms with Gasteiger partial charge in [-0.15, -0.1) is 0 Å². The topological polar surface area (TPSA) is 52.1 Å². The predicted octanol–water partition coefficient (Wildman–Crippen LogP) is 2.72. The molecule has 94 valence electrons. The van der Waals surface area contributed by atoms with Crippen LogP contribution in [0.3, 0.4) is 0 Å². The van der Waals surface area contributed by atoms with Crippen molar-refractivity contribution in [2.24, 2.45) is 5.41 Å². The zero-order valence-electron chi connectivity index (χ0n) is 10.8. The number of fused-ring (bicyclic) bond motifs is 1. The van der Waals surface area contributed by atoms with Crippen LogP contribution in [0.25, 0.3) is 10.9 Å². The summed E-state index contributed by atoms with van der Waals surface area (Å²) in [5.41, 5.74) is 0.353. The molecule has 1 aromatic carbocycles. The Hall–Kier alpha value is -1.97. The summed E-state index contributed by atoms with van der Waals surface area (Å²) in [5.74, 6) is 0.269. The van der Waals surface area contributed by atoms with Gasteiger partial charge in [0.05, 0.1) is 10.9 Å². The molecule has 18 heavy (non-hydrogen) atoms. The molecule has 0 atom stereocenters. The Morgan fingerprint density at radius 2 is 2.00 bits per heavy atom. The van der Waals surface area contributed by atoms with Crippen molar-refractivity contribution in [2.75, 3.05) is 0 Å². The first-order valence-electron chi connectivity index (χ1n) is 5.85. The van der Waals surface area contributed by atoms with Crippen molar-refractivity contribution in [3.05, 3.63) is 36.3 Å². The maximum absolute atomic E-state index is 11.6. The summed E-state index contributed by atoms with van der Waals surface area (Å²) in [4.78, 5) is 20.1. The Bertz CT molecular complexity index is 573. The van der Waals surface area contributed by atoms with Gasteiger partial charge in [0.2, 0.25) is 0 Å². The van der Waals surface area contributed by atoms with Gasteiger partial charge in [-0.25, -0.2) is 9.97 Å². The predicted molar refractivity (Wildman–Crippen MR) is 68.8 cm³/mol. The molecule has 2 rings (SSSR count). The average Bonchev–Trinajstić information content (AvgIpc) is 2.34. The van der Waals surface area contributed by atoms with Crippen LogP contribution in [0.4, 0.5) is 0 Å². The van der Waals surface area contributed by atoms with Crippen LogP contribution in [0.15, 0.2) is 30.5 Å². The van der Waals surface area contributed by atoms with Gasteiger partial charge in [-0.05, 0) is 26.8 Å². The van der Waals surface area contributed by atoms with Gasteiger partial charge in [-0.2, -0.15) is 0 Å². The van der Waals surface area contributed by atoms with E-state index in [-0.39, 0.29) is 12.6 Å². The van der Waals surface area contributed by atoms with E-state index in [0.29, 0.717) is 5.82 Å². The SMILES string of the molecule is CC(C)(C)C(=O)OCc1ncc2ccccc2n1. The minimum atomic E-state index is -0.503. The Morgan fingerprint density at radius 1 is 1.28 bits per heavy atom. The number of carbonyl (C=O) groups excluding carboxylic acids is 1. The molecule has 0 saturated carbocycles. The molecule has 0 aliphatic heterocycles. The van der Waals surface area contributed by atoms with E-state index in [1.807, 2.05) is 45.0 Å². The van der Waals surface area contributed by atoms with Crippen molar-refractivity contribution in [2.45, 2.75) is 27.4 Å². The van der Waals surface area contributed by atoms with Crippen molar-refractivity contribution in [1.29, 1.82) is 0 Å². The Morgan fingerprint density at radius 3 is 2.72 bits per heavy atom. The van der Waals surface area contributed by atoms with E-state index in [4.69, 9.17) is 4.74 Å². The minimum absolute atomic E-state index is 0.112. The zero-order chi connectivity index (χ0) is 13.2. The van der Waals surface area contributed by atoms with Gasteiger partial charge in [0.1, 0.15) is 0 Å². The third-order valence-electron chi connectivity index (χ3n) is 2.48. The Kier molecular flexibility index (Phi) is 3.28. The van der Waals surface area contributed by atoms with Crippen molar-refractivity contribution in [3.63, 3.8) is 0 Å². The summed E-state index contributed by atoms with van der Waals surface area (Å²) >= 11 is 0. The summed E-state index contributed by atoms with van der Waals surface area (Å²) < 4.78 is 5.18. The largest absolute Gasteiger partial charge is 0.457 e. The molecular weight excluding hydrogens is 228 g/mol. The fraction of sp³-hybridized carbons (Fsp3) is 0.357. The number of hydrogen-bond acceptors (Lipinski definition) is 4. The van der Waals surface area contributed by atoms with Crippen LogP contribution in [-0.2, 0) is 16.1 Å². The van der Waals surface area contributed by atoms with E-state index in [2.05, 4.69) is 9.97 Å². The monoisotopic (exact) mass is 244 g/mol. The summed E-state index contributed by atoms with van der Waals surface area (Å²) in [5, 5.41) is 0.975. The van der Waals surface area contributed by atoms with E-state index in [0.717, 1.165) is 10.9 Å². The minimum Gasteiger partial charge on any atom is -0.457 e. The van der Waals surface area contributed by atoms with Crippen LogP contribution < -0.4 is 0 Å². The van der Waals surface area contributed by atoms with Gasteiger partial charge in [-0.3, -0.25) is 4.79 Å². The van der Waals surface area contributed by atoms with Crippen molar-refractivity contribution >= 4 is 16.9 Å². The van der Waals surface area contributed by atoms with Crippen LogP contribution in [-0.4, -0.2) is 15.9 Å². The molecule has 0 bridgehead atoms. The maximum atomic E-state index is 11.6. The van der Waals surface area contributed by atoms with Crippen molar-refractivity contribution < 1.29 is 9.53 Å². The molecule has 0 fully saturated rings. The summed E-state index contributed by atoms with van der Waals surface area (Å²) in [6.45, 7) is 5.56. The summed E-state index contributed by atoms with van der Waals surface area (Å²) in [7, 11) is 0. The first-order valence-corrected chi connectivity index (χ1v) is 5.85. The van der Waals surface area contributed by atoms with E-state index in [9.17, 15) is 4.79 Å². The summed E-state index contributed by atoms with van der Waals surface area (Å²) in [6.07, 6.45) is 1.74. The molecule has 4 heteroatoms. The second-order valence-electron chi connectivity index (χ2n) is 5.17. The zero-order valence-corrected chi connectivity index (χ0v) is 10.8.